The summed E-state index contributed by atoms with van der Waals surface area (Å²) in [5.74, 6) is -1.21. The van der Waals surface area contributed by atoms with Gasteiger partial charge in [0.05, 0.1) is 15.9 Å². The van der Waals surface area contributed by atoms with Gasteiger partial charge in [-0.2, -0.15) is 0 Å². The third-order valence-corrected chi connectivity index (χ3v) is 4.17. The number of hydrogen-bond acceptors (Lipinski definition) is 6. The Hall–Kier alpha value is -3.48. The van der Waals surface area contributed by atoms with E-state index in [1.165, 1.54) is 31.2 Å². The smallest absolute Gasteiger partial charge is 0.343 e. The van der Waals surface area contributed by atoms with Crippen LogP contribution in [0, 0.1) is 10.1 Å². The fourth-order valence-corrected chi connectivity index (χ4v) is 2.96. The summed E-state index contributed by atoms with van der Waals surface area (Å²) in [5.41, 5.74) is -0.142. The van der Waals surface area contributed by atoms with Gasteiger partial charge in [0, 0.05) is 24.5 Å². The van der Waals surface area contributed by atoms with E-state index < -0.39 is 16.5 Å². The molecule has 3 rings (SSSR count). The predicted octanol–water partition coefficient (Wildman–Crippen LogP) is 3.52. The van der Waals surface area contributed by atoms with Crippen LogP contribution in [0.15, 0.2) is 57.7 Å². The van der Waals surface area contributed by atoms with E-state index in [0.29, 0.717) is 10.9 Å². The van der Waals surface area contributed by atoms with Crippen molar-refractivity contribution in [2.24, 2.45) is 0 Å². The summed E-state index contributed by atoms with van der Waals surface area (Å²) >= 11 is 0. The minimum atomic E-state index is -0.769. The summed E-state index contributed by atoms with van der Waals surface area (Å²) in [4.78, 5) is 34.5. The highest BCUT2D eigenvalue weighted by atomic mass is 16.6. The summed E-state index contributed by atoms with van der Waals surface area (Å²) in [7, 11) is 0. The molecule has 0 saturated heterocycles. The van der Waals surface area contributed by atoms with Crippen LogP contribution in [0.25, 0.3) is 11.0 Å². The Morgan fingerprint density at radius 1 is 1.19 bits per heavy atom. The van der Waals surface area contributed by atoms with Crippen molar-refractivity contribution in [3.05, 3.63) is 80.2 Å². The zero-order valence-electron chi connectivity index (χ0n) is 13.8. The molecular formula is C19H15NO6. The molecule has 1 aromatic heterocycles. The summed E-state index contributed by atoms with van der Waals surface area (Å²) in [6.45, 7) is 1.37. The lowest BCUT2D eigenvalue weighted by Crippen LogP contribution is -2.16. The fourth-order valence-electron chi connectivity index (χ4n) is 2.96. The molecule has 0 saturated carbocycles. The van der Waals surface area contributed by atoms with E-state index in [4.69, 9.17) is 4.42 Å². The monoisotopic (exact) mass is 353 g/mol. The van der Waals surface area contributed by atoms with Crippen LogP contribution in [0.5, 0.6) is 5.75 Å². The van der Waals surface area contributed by atoms with Crippen molar-refractivity contribution in [1.29, 1.82) is 0 Å². The molecule has 3 aromatic rings. The van der Waals surface area contributed by atoms with Gasteiger partial charge in [-0.3, -0.25) is 14.9 Å². The topological polar surface area (TPSA) is 111 Å². The van der Waals surface area contributed by atoms with Gasteiger partial charge in [-0.05, 0) is 24.6 Å². The van der Waals surface area contributed by atoms with E-state index in [-0.39, 0.29) is 34.8 Å². The number of ketones is 1. The number of nitro benzene ring substituents is 1. The number of non-ortho nitro benzene ring substituents is 1. The van der Waals surface area contributed by atoms with Gasteiger partial charge in [0.1, 0.15) is 17.1 Å². The Balaban J connectivity index is 2.20. The number of carbonyl (C=O) groups is 1. The van der Waals surface area contributed by atoms with Crippen molar-refractivity contribution >= 4 is 22.4 Å². The highest BCUT2D eigenvalue weighted by Crippen LogP contribution is 2.36. The Kier molecular flexibility index (Phi) is 4.53. The zero-order valence-corrected chi connectivity index (χ0v) is 13.8. The van der Waals surface area contributed by atoms with Gasteiger partial charge in [0.2, 0.25) is 0 Å². The predicted molar refractivity (Wildman–Crippen MR) is 94.4 cm³/mol. The Morgan fingerprint density at radius 3 is 2.46 bits per heavy atom. The third-order valence-electron chi connectivity index (χ3n) is 4.17. The van der Waals surface area contributed by atoms with Crippen LogP contribution >= 0.6 is 0 Å². The first-order valence-electron chi connectivity index (χ1n) is 7.87. The zero-order chi connectivity index (χ0) is 18.8. The number of fused-ring (bicyclic) bond motifs is 1. The highest BCUT2D eigenvalue weighted by Gasteiger charge is 2.26. The fraction of sp³-hybridized carbons (Fsp3) is 0.158. The maximum atomic E-state index is 12.5. The van der Waals surface area contributed by atoms with E-state index >= 15 is 0 Å². The van der Waals surface area contributed by atoms with E-state index in [0.717, 1.165) is 0 Å². The molecule has 0 unspecified atom stereocenters. The Bertz CT molecular complexity index is 1050. The summed E-state index contributed by atoms with van der Waals surface area (Å²) in [6.07, 6.45) is -0.0472. The molecule has 0 aliphatic carbocycles. The number of rotatable bonds is 5. The van der Waals surface area contributed by atoms with Crippen molar-refractivity contribution in [3.63, 3.8) is 0 Å². The molecule has 7 nitrogen and oxygen atoms in total. The molecule has 1 atom stereocenters. The number of carbonyl (C=O) groups excluding carboxylic acids is 1. The second-order valence-corrected chi connectivity index (χ2v) is 5.96. The quantitative estimate of drug-likeness (QED) is 0.427. The molecular weight excluding hydrogens is 338 g/mol. The van der Waals surface area contributed by atoms with Crippen molar-refractivity contribution in [2.75, 3.05) is 0 Å². The van der Waals surface area contributed by atoms with Crippen LogP contribution in [-0.2, 0) is 4.79 Å². The lowest BCUT2D eigenvalue weighted by molar-refractivity contribution is -0.384. The van der Waals surface area contributed by atoms with Gasteiger partial charge in [-0.25, -0.2) is 4.79 Å². The van der Waals surface area contributed by atoms with Gasteiger partial charge in [0.25, 0.3) is 5.69 Å². The van der Waals surface area contributed by atoms with E-state index in [1.807, 2.05) is 0 Å². The van der Waals surface area contributed by atoms with Gasteiger partial charge < -0.3 is 9.52 Å². The standard InChI is InChI=1S/C19H15NO6/c1-11(21)10-15(12-6-8-13(9-7-12)20(24)25)17-18(22)14-4-2-3-5-16(14)26-19(17)23/h2-9,15,22H,10H2,1H3/t15-/m0/s1. The maximum absolute atomic E-state index is 12.5. The second kappa shape index (κ2) is 6.79. The lowest BCUT2D eigenvalue weighted by atomic mass is 9.87. The second-order valence-electron chi connectivity index (χ2n) is 5.96. The van der Waals surface area contributed by atoms with Crippen molar-refractivity contribution in [1.82, 2.24) is 0 Å². The molecule has 26 heavy (non-hydrogen) atoms. The number of hydrogen-bond donors (Lipinski definition) is 1. The van der Waals surface area contributed by atoms with Crippen molar-refractivity contribution in [3.8, 4) is 5.75 Å². The van der Waals surface area contributed by atoms with Crippen LogP contribution in [0.1, 0.15) is 30.4 Å². The van der Waals surface area contributed by atoms with Crippen LogP contribution in [0.3, 0.4) is 0 Å². The summed E-state index contributed by atoms with van der Waals surface area (Å²) in [6, 6.07) is 12.1. The molecule has 0 aliphatic rings. The normalized spacial score (nSPS) is 12.0. The van der Waals surface area contributed by atoms with E-state index in [2.05, 4.69) is 0 Å². The molecule has 0 bridgehead atoms. The average Bonchev–Trinajstić information content (AvgIpc) is 2.60. The van der Waals surface area contributed by atoms with Crippen molar-refractivity contribution < 1.29 is 19.2 Å². The maximum Gasteiger partial charge on any atom is 0.343 e. The number of benzene rings is 2. The van der Waals surface area contributed by atoms with Crippen LogP contribution in [0.2, 0.25) is 0 Å². The first-order chi connectivity index (χ1) is 12.4. The number of nitrogens with zero attached hydrogens (tertiary/aromatic N) is 1. The Labute approximate surface area is 147 Å². The van der Waals surface area contributed by atoms with Crippen LogP contribution in [-0.4, -0.2) is 15.8 Å². The van der Waals surface area contributed by atoms with Crippen LogP contribution in [0.4, 0.5) is 5.69 Å². The summed E-state index contributed by atoms with van der Waals surface area (Å²) in [5, 5.41) is 21.8. The number of para-hydroxylation sites is 1. The number of nitro groups is 1. The molecule has 0 amide bonds. The minimum Gasteiger partial charge on any atom is -0.507 e. The first kappa shape index (κ1) is 17.3. The minimum absolute atomic E-state index is 0.0345. The number of Topliss-reactive ketones (excluding diaryl/α,β-unsaturated/α-hetero) is 1. The average molecular weight is 353 g/mol. The summed E-state index contributed by atoms with van der Waals surface area (Å²) < 4.78 is 5.28. The molecule has 0 aliphatic heterocycles. The molecule has 0 radical (unpaired) electrons. The molecule has 132 valence electrons. The van der Waals surface area contributed by atoms with Crippen LogP contribution < -0.4 is 5.63 Å². The van der Waals surface area contributed by atoms with Gasteiger partial charge >= 0.3 is 5.63 Å². The van der Waals surface area contributed by atoms with E-state index in [9.17, 15) is 24.8 Å². The van der Waals surface area contributed by atoms with Crippen molar-refractivity contribution in [2.45, 2.75) is 19.3 Å². The molecule has 0 spiro atoms. The first-order valence-corrected chi connectivity index (χ1v) is 7.87. The van der Waals surface area contributed by atoms with Gasteiger partial charge in [-0.15, -0.1) is 0 Å². The number of aromatic hydroxyl groups is 1. The molecule has 1 N–H and O–H groups in total. The molecule has 2 aromatic carbocycles. The molecule has 1 heterocycles. The molecule has 0 fully saturated rings. The molecule has 7 heteroatoms. The third kappa shape index (κ3) is 3.19. The SMILES string of the molecule is CC(=O)C[C@@H](c1ccc([N+](=O)[O-])cc1)c1c(O)c2ccccc2oc1=O. The highest BCUT2D eigenvalue weighted by molar-refractivity contribution is 5.85. The largest absolute Gasteiger partial charge is 0.507 e. The Morgan fingerprint density at radius 2 is 1.85 bits per heavy atom. The van der Waals surface area contributed by atoms with Gasteiger partial charge in [0.15, 0.2) is 0 Å². The lowest BCUT2D eigenvalue weighted by Gasteiger charge is -2.17. The van der Waals surface area contributed by atoms with Gasteiger partial charge in [-0.1, -0.05) is 24.3 Å². The van der Waals surface area contributed by atoms with E-state index in [1.54, 1.807) is 24.3 Å².